The zero-order valence-corrected chi connectivity index (χ0v) is 13.2. The first-order valence-electron chi connectivity index (χ1n) is 7.32. The Hall–Kier alpha value is -2.12. The van der Waals surface area contributed by atoms with Gasteiger partial charge >= 0.3 is 5.97 Å². The van der Waals surface area contributed by atoms with Crippen molar-refractivity contribution in [2.75, 3.05) is 6.54 Å². The van der Waals surface area contributed by atoms with Crippen molar-refractivity contribution >= 4 is 16.0 Å². The van der Waals surface area contributed by atoms with Crippen LogP contribution in [0.25, 0.3) is 0 Å². The lowest BCUT2D eigenvalue weighted by atomic mass is 10.1. The van der Waals surface area contributed by atoms with Crippen LogP contribution in [0.5, 0.6) is 0 Å². The second kappa shape index (κ2) is 6.17. The summed E-state index contributed by atoms with van der Waals surface area (Å²) >= 11 is 0. The summed E-state index contributed by atoms with van der Waals surface area (Å²) in [5.41, 5.74) is 1.71. The molecule has 1 aliphatic carbocycles. The molecule has 2 aromatic rings. The Morgan fingerprint density at radius 3 is 2.74 bits per heavy atom. The van der Waals surface area contributed by atoms with Gasteiger partial charge in [-0.1, -0.05) is 6.07 Å². The molecule has 0 saturated heterocycles. The highest BCUT2D eigenvalue weighted by Gasteiger charge is 2.28. The Kier molecular flexibility index (Phi) is 4.23. The van der Waals surface area contributed by atoms with Gasteiger partial charge in [-0.15, -0.1) is 0 Å². The lowest BCUT2D eigenvalue weighted by Gasteiger charge is -2.08. The van der Waals surface area contributed by atoms with Crippen LogP contribution in [0.15, 0.2) is 45.9 Å². The summed E-state index contributed by atoms with van der Waals surface area (Å²) in [7, 11) is -3.61. The maximum Gasteiger partial charge on any atom is 0.307 e. The smallest absolute Gasteiger partial charge is 0.307 e. The second-order valence-electron chi connectivity index (χ2n) is 5.60. The molecule has 2 N–H and O–H groups in total. The van der Waals surface area contributed by atoms with Crippen LogP contribution in [-0.4, -0.2) is 26.0 Å². The lowest BCUT2D eigenvalue weighted by molar-refractivity contribution is -0.141. The zero-order valence-electron chi connectivity index (χ0n) is 12.4. The predicted octanol–water partition coefficient (Wildman–Crippen LogP) is 1.60. The van der Waals surface area contributed by atoms with E-state index in [4.69, 9.17) is 9.52 Å². The van der Waals surface area contributed by atoms with Crippen molar-refractivity contribution in [3.63, 3.8) is 0 Å². The highest BCUT2D eigenvalue weighted by molar-refractivity contribution is 7.89. The van der Waals surface area contributed by atoms with Gasteiger partial charge in [-0.05, 0) is 48.2 Å². The summed E-state index contributed by atoms with van der Waals surface area (Å²) in [6.07, 6.45) is 2.85. The van der Waals surface area contributed by atoms with Gasteiger partial charge in [-0.3, -0.25) is 4.79 Å². The van der Waals surface area contributed by atoms with E-state index in [1.54, 1.807) is 30.5 Å². The third kappa shape index (κ3) is 3.46. The Morgan fingerprint density at radius 2 is 2.04 bits per heavy atom. The molecule has 1 heterocycles. The fraction of sp³-hybridized carbons (Fsp3) is 0.312. The summed E-state index contributed by atoms with van der Waals surface area (Å²) in [5.74, 6) is -0.594. The molecule has 23 heavy (non-hydrogen) atoms. The number of furan rings is 1. The summed E-state index contributed by atoms with van der Waals surface area (Å²) in [6, 6.07) is 8.35. The van der Waals surface area contributed by atoms with Crippen molar-refractivity contribution in [2.24, 2.45) is 5.92 Å². The van der Waals surface area contributed by atoms with E-state index in [0.717, 1.165) is 11.1 Å². The molecule has 122 valence electrons. The van der Waals surface area contributed by atoms with E-state index in [-0.39, 0.29) is 11.4 Å². The molecular weight excluding hydrogens is 318 g/mol. The number of nitrogens with one attached hydrogen (secondary N) is 1. The third-order valence-corrected chi connectivity index (χ3v) is 5.47. The van der Waals surface area contributed by atoms with Gasteiger partial charge in [0.05, 0.1) is 17.1 Å². The molecule has 1 unspecified atom stereocenters. The third-order valence-electron chi connectivity index (χ3n) is 4.01. The van der Waals surface area contributed by atoms with Crippen LogP contribution in [0.2, 0.25) is 0 Å². The van der Waals surface area contributed by atoms with Gasteiger partial charge < -0.3 is 9.52 Å². The first-order valence-corrected chi connectivity index (χ1v) is 8.81. The van der Waals surface area contributed by atoms with Crippen LogP contribution in [0.1, 0.15) is 16.9 Å². The normalized spacial score (nSPS) is 17.1. The van der Waals surface area contributed by atoms with E-state index in [1.165, 1.54) is 6.07 Å². The van der Waals surface area contributed by atoms with E-state index in [1.807, 2.05) is 0 Å². The standard InChI is InChI=1S/C16H17NO5S/c18-16(19)13-8-11-3-4-15(10-12(11)9-13)23(20,21)17-6-5-14-2-1-7-22-14/h1-4,7,10,13,17H,5-6,8-9H2,(H,18,19). The van der Waals surface area contributed by atoms with Crippen molar-refractivity contribution in [1.82, 2.24) is 4.72 Å². The number of aliphatic carboxylic acids is 1. The molecule has 1 aliphatic rings. The van der Waals surface area contributed by atoms with E-state index in [9.17, 15) is 13.2 Å². The molecule has 1 aromatic carbocycles. The van der Waals surface area contributed by atoms with Crippen LogP contribution < -0.4 is 4.72 Å². The number of hydrogen-bond donors (Lipinski definition) is 2. The number of hydrogen-bond acceptors (Lipinski definition) is 4. The Balaban J connectivity index is 1.69. The summed E-state index contributed by atoms with van der Waals surface area (Å²) in [5, 5.41) is 9.08. The SMILES string of the molecule is O=C(O)C1Cc2ccc(S(=O)(=O)NCCc3ccco3)cc2C1. The number of sulfonamides is 1. The molecule has 0 fully saturated rings. The highest BCUT2D eigenvalue weighted by atomic mass is 32.2. The number of benzene rings is 1. The Morgan fingerprint density at radius 1 is 1.26 bits per heavy atom. The van der Waals surface area contributed by atoms with Gasteiger partial charge in [-0.25, -0.2) is 13.1 Å². The maximum atomic E-state index is 12.3. The molecule has 0 bridgehead atoms. The molecule has 0 spiro atoms. The fourth-order valence-corrected chi connectivity index (χ4v) is 3.87. The van der Waals surface area contributed by atoms with Gasteiger partial charge in [0.1, 0.15) is 5.76 Å². The molecule has 0 saturated carbocycles. The number of carboxylic acid groups (broad SMARTS) is 1. The van der Waals surface area contributed by atoms with Gasteiger partial charge in [-0.2, -0.15) is 0 Å². The number of rotatable bonds is 6. The van der Waals surface area contributed by atoms with Crippen LogP contribution >= 0.6 is 0 Å². The minimum absolute atomic E-state index is 0.168. The molecule has 7 heteroatoms. The predicted molar refractivity (Wildman–Crippen MR) is 82.6 cm³/mol. The monoisotopic (exact) mass is 335 g/mol. The van der Waals surface area contributed by atoms with E-state index in [2.05, 4.69) is 4.72 Å². The summed E-state index contributed by atoms with van der Waals surface area (Å²) in [4.78, 5) is 11.2. The Labute approximate surface area is 134 Å². The van der Waals surface area contributed by atoms with Crippen molar-refractivity contribution in [3.05, 3.63) is 53.5 Å². The van der Waals surface area contributed by atoms with Gasteiger partial charge in [0.15, 0.2) is 0 Å². The van der Waals surface area contributed by atoms with Crippen molar-refractivity contribution in [2.45, 2.75) is 24.2 Å². The second-order valence-corrected chi connectivity index (χ2v) is 7.37. The van der Waals surface area contributed by atoms with E-state index >= 15 is 0 Å². The molecule has 3 rings (SSSR count). The zero-order chi connectivity index (χ0) is 16.4. The van der Waals surface area contributed by atoms with Crippen LogP contribution in [0.4, 0.5) is 0 Å². The number of carbonyl (C=O) groups is 1. The van der Waals surface area contributed by atoms with E-state index < -0.39 is 21.9 Å². The lowest BCUT2D eigenvalue weighted by Crippen LogP contribution is -2.26. The molecule has 1 atom stereocenters. The van der Waals surface area contributed by atoms with Gasteiger partial charge in [0.25, 0.3) is 0 Å². The minimum Gasteiger partial charge on any atom is -0.481 e. The molecule has 6 nitrogen and oxygen atoms in total. The largest absolute Gasteiger partial charge is 0.481 e. The number of fused-ring (bicyclic) bond motifs is 1. The molecule has 0 aliphatic heterocycles. The van der Waals surface area contributed by atoms with Crippen LogP contribution in [0.3, 0.4) is 0 Å². The molecule has 0 amide bonds. The van der Waals surface area contributed by atoms with Gasteiger partial charge in [0, 0.05) is 13.0 Å². The minimum atomic E-state index is -3.61. The maximum absolute atomic E-state index is 12.3. The molecule has 0 radical (unpaired) electrons. The molecular formula is C16H17NO5S. The van der Waals surface area contributed by atoms with Crippen LogP contribution in [-0.2, 0) is 34.1 Å². The highest BCUT2D eigenvalue weighted by Crippen LogP contribution is 2.29. The molecule has 1 aromatic heterocycles. The number of carboxylic acids is 1. The first-order chi connectivity index (χ1) is 11.0. The van der Waals surface area contributed by atoms with Crippen LogP contribution in [0, 0.1) is 5.92 Å². The van der Waals surface area contributed by atoms with Crippen molar-refractivity contribution in [1.29, 1.82) is 0 Å². The summed E-state index contributed by atoms with van der Waals surface area (Å²) < 4.78 is 32.3. The average molecular weight is 335 g/mol. The summed E-state index contributed by atoms with van der Waals surface area (Å²) in [6.45, 7) is 0.241. The van der Waals surface area contributed by atoms with Crippen molar-refractivity contribution < 1.29 is 22.7 Å². The quantitative estimate of drug-likeness (QED) is 0.836. The van der Waals surface area contributed by atoms with Crippen molar-refractivity contribution in [3.8, 4) is 0 Å². The average Bonchev–Trinajstić information content (AvgIpc) is 3.15. The van der Waals surface area contributed by atoms with Gasteiger partial charge in [0.2, 0.25) is 10.0 Å². The topological polar surface area (TPSA) is 96.6 Å². The van der Waals surface area contributed by atoms with E-state index in [0.29, 0.717) is 25.0 Å². The fourth-order valence-electron chi connectivity index (χ4n) is 2.78. The Bertz CT molecular complexity index is 811. The first kappa shape index (κ1) is 15.8.